The zero-order valence-corrected chi connectivity index (χ0v) is 11.8. The van der Waals surface area contributed by atoms with E-state index in [1.165, 1.54) is 12.8 Å². The third-order valence-corrected chi connectivity index (χ3v) is 4.09. The summed E-state index contributed by atoms with van der Waals surface area (Å²) in [6, 6.07) is 7.66. The van der Waals surface area contributed by atoms with E-state index in [0.29, 0.717) is 23.9 Å². The number of carbonyl (C=O) groups excluding carboxylic acids is 1. The summed E-state index contributed by atoms with van der Waals surface area (Å²) < 4.78 is 0. The van der Waals surface area contributed by atoms with Gasteiger partial charge in [0, 0.05) is 11.1 Å². The fourth-order valence-corrected chi connectivity index (χ4v) is 2.85. The summed E-state index contributed by atoms with van der Waals surface area (Å²) in [5.74, 6) is 0.510. The second-order valence-electron chi connectivity index (χ2n) is 5.26. The molecule has 1 fully saturated rings. The summed E-state index contributed by atoms with van der Waals surface area (Å²) in [6.45, 7) is 0.659. The molecule has 2 unspecified atom stereocenters. The minimum absolute atomic E-state index is 0.0765. The Morgan fingerprint density at radius 2 is 1.95 bits per heavy atom. The Hall–Kier alpha value is -1.06. The first kappa shape index (κ1) is 14.4. The summed E-state index contributed by atoms with van der Waals surface area (Å²) in [4.78, 5) is 12.0. The van der Waals surface area contributed by atoms with Crippen molar-refractivity contribution >= 4 is 17.5 Å². The van der Waals surface area contributed by atoms with E-state index in [1.54, 1.807) is 0 Å². The summed E-state index contributed by atoms with van der Waals surface area (Å²) in [5.41, 5.74) is 6.76. The van der Waals surface area contributed by atoms with E-state index in [-0.39, 0.29) is 11.9 Å². The maximum absolute atomic E-state index is 12.0. The Kier molecular flexibility index (Phi) is 5.23. The summed E-state index contributed by atoms with van der Waals surface area (Å²) in [7, 11) is 0. The highest BCUT2D eigenvalue weighted by atomic mass is 35.5. The van der Waals surface area contributed by atoms with Gasteiger partial charge in [-0.15, -0.1) is 0 Å². The number of hydrogen-bond donors (Lipinski definition) is 2. The first-order valence-corrected chi connectivity index (χ1v) is 7.30. The number of rotatable bonds is 4. The molecule has 0 bridgehead atoms. The normalized spacial score (nSPS) is 23.1. The molecule has 1 aromatic carbocycles. The molecular formula is C15H21ClN2O. The van der Waals surface area contributed by atoms with Crippen molar-refractivity contribution in [2.45, 2.75) is 38.1 Å². The second-order valence-corrected chi connectivity index (χ2v) is 5.69. The van der Waals surface area contributed by atoms with Gasteiger partial charge in [0.1, 0.15) is 0 Å². The number of nitrogens with one attached hydrogen (secondary N) is 1. The van der Waals surface area contributed by atoms with E-state index in [9.17, 15) is 4.79 Å². The molecule has 0 saturated heterocycles. The molecule has 0 heterocycles. The molecule has 0 spiro atoms. The van der Waals surface area contributed by atoms with E-state index >= 15 is 0 Å². The molecule has 2 atom stereocenters. The Bertz CT molecular complexity index is 419. The minimum Gasteiger partial charge on any atom is -0.353 e. The molecule has 2 rings (SSSR count). The van der Waals surface area contributed by atoms with Gasteiger partial charge in [-0.3, -0.25) is 4.79 Å². The topological polar surface area (TPSA) is 55.1 Å². The van der Waals surface area contributed by atoms with Crippen LogP contribution >= 0.6 is 11.6 Å². The van der Waals surface area contributed by atoms with Gasteiger partial charge in [0.15, 0.2) is 0 Å². The molecule has 0 aromatic heterocycles. The van der Waals surface area contributed by atoms with Gasteiger partial charge in [-0.05, 0) is 43.0 Å². The molecule has 104 valence electrons. The van der Waals surface area contributed by atoms with E-state index in [2.05, 4.69) is 5.32 Å². The largest absolute Gasteiger partial charge is 0.353 e. The third-order valence-electron chi connectivity index (χ3n) is 3.84. The zero-order valence-electron chi connectivity index (χ0n) is 11.1. The summed E-state index contributed by atoms with van der Waals surface area (Å²) >= 11 is 5.83. The number of benzene rings is 1. The highest BCUT2D eigenvalue weighted by Crippen LogP contribution is 2.23. The molecule has 1 aliphatic rings. The van der Waals surface area contributed by atoms with Crippen molar-refractivity contribution in [3.63, 3.8) is 0 Å². The van der Waals surface area contributed by atoms with E-state index in [0.717, 1.165) is 18.4 Å². The first-order valence-electron chi connectivity index (χ1n) is 6.93. The van der Waals surface area contributed by atoms with Gasteiger partial charge in [-0.25, -0.2) is 0 Å². The maximum Gasteiger partial charge on any atom is 0.224 e. The van der Waals surface area contributed by atoms with Crippen LogP contribution in [0.1, 0.15) is 31.2 Å². The number of amides is 1. The molecule has 0 aliphatic heterocycles. The molecule has 0 radical (unpaired) electrons. The predicted octanol–water partition coefficient (Wildman–Crippen LogP) is 2.52. The van der Waals surface area contributed by atoms with E-state index < -0.39 is 0 Å². The molecule has 1 aliphatic carbocycles. The lowest BCUT2D eigenvalue weighted by atomic mass is 9.84. The van der Waals surface area contributed by atoms with Crippen LogP contribution in [-0.2, 0) is 11.2 Å². The SMILES string of the molecule is NCC1CCCCC1NC(=O)Cc1ccc(Cl)cc1. The lowest BCUT2D eigenvalue weighted by Gasteiger charge is -2.31. The van der Waals surface area contributed by atoms with Gasteiger partial charge in [-0.1, -0.05) is 36.6 Å². The lowest BCUT2D eigenvalue weighted by Crippen LogP contribution is -2.45. The average molecular weight is 281 g/mol. The average Bonchev–Trinajstić information content (AvgIpc) is 2.42. The smallest absolute Gasteiger partial charge is 0.224 e. The highest BCUT2D eigenvalue weighted by molar-refractivity contribution is 6.30. The minimum atomic E-state index is 0.0765. The Morgan fingerprint density at radius 3 is 2.63 bits per heavy atom. The van der Waals surface area contributed by atoms with Crippen LogP contribution in [0.15, 0.2) is 24.3 Å². The van der Waals surface area contributed by atoms with Crippen LogP contribution in [0.2, 0.25) is 5.02 Å². The lowest BCUT2D eigenvalue weighted by molar-refractivity contribution is -0.121. The molecular weight excluding hydrogens is 260 g/mol. The fourth-order valence-electron chi connectivity index (χ4n) is 2.73. The number of halogens is 1. The highest BCUT2D eigenvalue weighted by Gasteiger charge is 2.25. The van der Waals surface area contributed by atoms with Gasteiger partial charge in [0.25, 0.3) is 0 Å². The molecule has 1 saturated carbocycles. The van der Waals surface area contributed by atoms with Gasteiger partial charge < -0.3 is 11.1 Å². The van der Waals surface area contributed by atoms with Gasteiger partial charge in [0.05, 0.1) is 6.42 Å². The monoisotopic (exact) mass is 280 g/mol. The second kappa shape index (κ2) is 6.92. The number of carbonyl (C=O) groups is 1. The number of hydrogen-bond acceptors (Lipinski definition) is 2. The van der Waals surface area contributed by atoms with Crippen LogP contribution in [0.25, 0.3) is 0 Å². The molecule has 1 aromatic rings. The van der Waals surface area contributed by atoms with E-state index in [1.807, 2.05) is 24.3 Å². The predicted molar refractivity (Wildman–Crippen MR) is 78.1 cm³/mol. The standard InChI is InChI=1S/C15H21ClN2O/c16-13-7-5-11(6-8-13)9-15(19)18-14-4-2-1-3-12(14)10-17/h5-8,12,14H,1-4,9-10,17H2,(H,18,19). The maximum atomic E-state index is 12.0. The molecule has 4 heteroatoms. The van der Waals surface area contributed by atoms with Crippen LogP contribution in [0.4, 0.5) is 0 Å². The Labute approximate surface area is 119 Å². The molecule has 1 amide bonds. The van der Waals surface area contributed by atoms with Crippen LogP contribution in [0.5, 0.6) is 0 Å². The number of nitrogens with two attached hydrogens (primary N) is 1. The van der Waals surface area contributed by atoms with Crippen molar-refractivity contribution in [1.29, 1.82) is 0 Å². The van der Waals surface area contributed by atoms with Crippen molar-refractivity contribution in [2.24, 2.45) is 11.7 Å². The van der Waals surface area contributed by atoms with Crippen LogP contribution in [0, 0.1) is 5.92 Å². The van der Waals surface area contributed by atoms with Crippen molar-refractivity contribution in [3.05, 3.63) is 34.9 Å². The van der Waals surface area contributed by atoms with Gasteiger partial charge in [0.2, 0.25) is 5.91 Å². The van der Waals surface area contributed by atoms with Crippen molar-refractivity contribution < 1.29 is 4.79 Å². The molecule has 3 N–H and O–H groups in total. The van der Waals surface area contributed by atoms with Crippen molar-refractivity contribution in [2.75, 3.05) is 6.54 Å². The molecule has 3 nitrogen and oxygen atoms in total. The summed E-state index contributed by atoms with van der Waals surface area (Å²) in [6.07, 6.45) is 5.00. The van der Waals surface area contributed by atoms with Crippen LogP contribution in [0.3, 0.4) is 0 Å². The van der Waals surface area contributed by atoms with Crippen molar-refractivity contribution in [3.8, 4) is 0 Å². The quantitative estimate of drug-likeness (QED) is 0.890. The Morgan fingerprint density at radius 1 is 1.26 bits per heavy atom. The third kappa shape index (κ3) is 4.22. The van der Waals surface area contributed by atoms with E-state index in [4.69, 9.17) is 17.3 Å². The molecule has 19 heavy (non-hydrogen) atoms. The van der Waals surface area contributed by atoms with Gasteiger partial charge >= 0.3 is 0 Å². The zero-order chi connectivity index (χ0) is 13.7. The van der Waals surface area contributed by atoms with Crippen LogP contribution < -0.4 is 11.1 Å². The summed E-state index contributed by atoms with van der Waals surface area (Å²) in [5, 5.41) is 3.83. The van der Waals surface area contributed by atoms with Crippen LogP contribution in [-0.4, -0.2) is 18.5 Å². The fraction of sp³-hybridized carbons (Fsp3) is 0.533. The Balaban J connectivity index is 1.88. The van der Waals surface area contributed by atoms with Gasteiger partial charge in [-0.2, -0.15) is 0 Å². The first-order chi connectivity index (χ1) is 9.19. The van der Waals surface area contributed by atoms with Crippen molar-refractivity contribution in [1.82, 2.24) is 5.32 Å².